The van der Waals surface area contributed by atoms with Gasteiger partial charge in [0.25, 0.3) is 0 Å². The molecule has 0 saturated carbocycles. The van der Waals surface area contributed by atoms with Gasteiger partial charge in [-0.05, 0) is 23.8 Å². The number of fused-ring (bicyclic) bond motifs is 1. The molecule has 2 nitrogen and oxygen atoms in total. The third kappa shape index (κ3) is 3.57. The molecule has 0 spiro atoms. The minimum absolute atomic E-state index is 0.528. The molecule has 0 radical (unpaired) electrons. The van der Waals surface area contributed by atoms with Crippen LogP contribution in [-0.4, -0.2) is 4.98 Å². The fourth-order valence-electron chi connectivity index (χ4n) is 2.78. The van der Waals surface area contributed by atoms with E-state index in [1.807, 2.05) is 54.6 Å². The summed E-state index contributed by atoms with van der Waals surface area (Å²) < 4.78 is 7.17. The molecule has 0 amide bonds. The summed E-state index contributed by atoms with van der Waals surface area (Å²) in [5.74, 6) is 0.842. The molecule has 3 heteroatoms. The molecule has 0 atom stereocenters. The van der Waals surface area contributed by atoms with Crippen LogP contribution in [-0.2, 0) is 6.61 Å². The number of benzene rings is 3. The number of hydrogen-bond acceptors (Lipinski definition) is 2. The molecule has 0 unspecified atom stereocenters. The summed E-state index contributed by atoms with van der Waals surface area (Å²) in [6.45, 7) is 0.528. The van der Waals surface area contributed by atoms with Crippen LogP contribution in [0.5, 0.6) is 5.75 Å². The number of rotatable bonds is 4. The molecule has 0 aliphatic carbocycles. The van der Waals surface area contributed by atoms with E-state index in [9.17, 15) is 0 Å². The van der Waals surface area contributed by atoms with Gasteiger partial charge in [0.1, 0.15) is 12.4 Å². The van der Waals surface area contributed by atoms with Gasteiger partial charge in [0.2, 0.25) is 0 Å². The predicted octanol–water partition coefficient (Wildman–Crippen LogP) is 6.24. The molecular formula is C22H16BrNO. The van der Waals surface area contributed by atoms with Crippen molar-refractivity contribution in [2.24, 2.45) is 0 Å². The van der Waals surface area contributed by atoms with E-state index in [-0.39, 0.29) is 0 Å². The van der Waals surface area contributed by atoms with Crippen molar-refractivity contribution in [2.45, 2.75) is 6.61 Å². The molecular weight excluding hydrogens is 374 g/mol. The number of halogens is 1. The van der Waals surface area contributed by atoms with E-state index in [1.165, 1.54) is 0 Å². The van der Waals surface area contributed by atoms with Crippen LogP contribution in [0, 0.1) is 0 Å². The Labute approximate surface area is 155 Å². The highest BCUT2D eigenvalue weighted by Crippen LogP contribution is 2.32. The van der Waals surface area contributed by atoms with E-state index < -0.39 is 0 Å². The van der Waals surface area contributed by atoms with Crippen LogP contribution >= 0.6 is 15.9 Å². The lowest BCUT2D eigenvalue weighted by Gasteiger charge is -2.12. The molecule has 1 heterocycles. The number of hydrogen-bond donors (Lipinski definition) is 0. The van der Waals surface area contributed by atoms with E-state index in [2.05, 4.69) is 46.3 Å². The SMILES string of the molecule is Brc1ccc2nc(-c3ccccc3)cc(OCc3ccccc3)c2c1. The summed E-state index contributed by atoms with van der Waals surface area (Å²) in [7, 11) is 0. The van der Waals surface area contributed by atoms with Crippen LogP contribution in [0.15, 0.2) is 89.4 Å². The molecule has 1 aromatic heterocycles. The monoisotopic (exact) mass is 389 g/mol. The highest BCUT2D eigenvalue weighted by Gasteiger charge is 2.09. The summed E-state index contributed by atoms with van der Waals surface area (Å²) in [5.41, 5.74) is 4.06. The van der Waals surface area contributed by atoms with Crippen molar-refractivity contribution >= 4 is 26.8 Å². The Hall–Kier alpha value is -2.65. The van der Waals surface area contributed by atoms with Gasteiger partial charge >= 0.3 is 0 Å². The number of nitrogens with zero attached hydrogens (tertiary/aromatic N) is 1. The van der Waals surface area contributed by atoms with Crippen LogP contribution in [0.3, 0.4) is 0 Å². The number of ether oxygens (including phenoxy) is 1. The quantitative estimate of drug-likeness (QED) is 0.411. The van der Waals surface area contributed by atoms with E-state index in [0.717, 1.165) is 37.9 Å². The second-order valence-corrected chi connectivity index (χ2v) is 6.72. The van der Waals surface area contributed by atoms with Gasteiger partial charge in [-0.15, -0.1) is 0 Å². The lowest BCUT2D eigenvalue weighted by molar-refractivity contribution is 0.310. The van der Waals surface area contributed by atoms with Crippen molar-refractivity contribution in [3.63, 3.8) is 0 Å². The summed E-state index contributed by atoms with van der Waals surface area (Å²) in [6.07, 6.45) is 0. The molecule has 4 aromatic rings. The standard InChI is InChI=1S/C22H16BrNO/c23-18-11-12-20-19(13-18)22(25-15-16-7-3-1-4-8-16)14-21(24-20)17-9-5-2-6-10-17/h1-14H,15H2. The second-order valence-electron chi connectivity index (χ2n) is 5.81. The molecule has 122 valence electrons. The molecule has 0 aliphatic rings. The van der Waals surface area contributed by atoms with Crippen molar-refractivity contribution in [3.05, 3.63) is 95.0 Å². The summed E-state index contributed by atoms with van der Waals surface area (Å²) in [6, 6.07) is 28.5. The Bertz CT molecular complexity index is 1000. The lowest BCUT2D eigenvalue weighted by atomic mass is 10.1. The predicted molar refractivity (Wildman–Crippen MR) is 106 cm³/mol. The fraction of sp³-hybridized carbons (Fsp3) is 0.0455. The normalized spacial score (nSPS) is 10.8. The van der Waals surface area contributed by atoms with E-state index in [1.54, 1.807) is 0 Å². The Kier molecular flexibility index (Phi) is 4.49. The maximum absolute atomic E-state index is 6.16. The molecule has 0 fully saturated rings. The van der Waals surface area contributed by atoms with Crippen molar-refractivity contribution in [1.29, 1.82) is 0 Å². The van der Waals surface area contributed by atoms with Gasteiger partial charge in [-0.2, -0.15) is 0 Å². The molecule has 4 rings (SSSR count). The van der Waals surface area contributed by atoms with Crippen LogP contribution in [0.2, 0.25) is 0 Å². The molecule has 0 saturated heterocycles. The minimum Gasteiger partial charge on any atom is -0.488 e. The van der Waals surface area contributed by atoms with Crippen molar-refractivity contribution in [3.8, 4) is 17.0 Å². The molecule has 0 bridgehead atoms. The average molecular weight is 390 g/mol. The van der Waals surface area contributed by atoms with Crippen LogP contribution in [0.25, 0.3) is 22.2 Å². The van der Waals surface area contributed by atoms with E-state index in [4.69, 9.17) is 9.72 Å². The van der Waals surface area contributed by atoms with Crippen molar-refractivity contribution in [2.75, 3.05) is 0 Å². The van der Waals surface area contributed by atoms with Gasteiger partial charge in [0, 0.05) is 21.5 Å². The Morgan fingerprint density at radius 3 is 2.28 bits per heavy atom. The molecule has 25 heavy (non-hydrogen) atoms. The van der Waals surface area contributed by atoms with Crippen LogP contribution in [0.1, 0.15) is 5.56 Å². The third-order valence-corrected chi connectivity index (χ3v) is 4.53. The van der Waals surface area contributed by atoms with Crippen molar-refractivity contribution < 1.29 is 4.74 Å². The zero-order valence-electron chi connectivity index (χ0n) is 13.5. The average Bonchev–Trinajstić information content (AvgIpc) is 2.67. The third-order valence-electron chi connectivity index (χ3n) is 4.04. The molecule has 3 aromatic carbocycles. The molecule has 0 aliphatic heterocycles. The summed E-state index contributed by atoms with van der Waals surface area (Å²) in [4.78, 5) is 4.80. The smallest absolute Gasteiger partial charge is 0.131 e. The lowest BCUT2D eigenvalue weighted by Crippen LogP contribution is -1.97. The van der Waals surface area contributed by atoms with E-state index >= 15 is 0 Å². The maximum atomic E-state index is 6.16. The number of aromatic nitrogens is 1. The van der Waals surface area contributed by atoms with Crippen LogP contribution < -0.4 is 4.74 Å². The van der Waals surface area contributed by atoms with Gasteiger partial charge in [0.15, 0.2) is 0 Å². The zero-order chi connectivity index (χ0) is 17.1. The summed E-state index contributed by atoms with van der Waals surface area (Å²) >= 11 is 3.54. The largest absolute Gasteiger partial charge is 0.488 e. The topological polar surface area (TPSA) is 22.1 Å². The maximum Gasteiger partial charge on any atom is 0.131 e. The van der Waals surface area contributed by atoms with Gasteiger partial charge in [-0.3, -0.25) is 0 Å². The fourth-order valence-corrected chi connectivity index (χ4v) is 3.14. The Morgan fingerprint density at radius 1 is 0.800 bits per heavy atom. The second kappa shape index (κ2) is 7.08. The Balaban J connectivity index is 1.78. The van der Waals surface area contributed by atoms with Crippen LogP contribution in [0.4, 0.5) is 0 Å². The van der Waals surface area contributed by atoms with Gasteiger partial charge < -0.3 is 4.74 Å². The number of pyridine rings is 1. The highest BCUT2D eigenvalue weighted by atomic mass is 79.9. The first-order valence-electron chi connectivity index (χ1n) is 8.12. The minimum atomic E-state index is 0.528. The first-order chi connectivity index (χ1) is 12.3. The van der Waals surface area contributed by atoms with Gasteiger partial charge in [-0.25, -0.2) is 4.98 Å². The highest BCUT2D eigenvalue weighted by molar-refractivity contribution is 9.10. The van der Waals surface area contributed by atoms with Gasteiger partial charge in [-0.1, -0.05) is 76.6 Å². The van der Waals surface area contributed by atoms with E-state index in [0.29, 0.717) is 6.61 Å². The van der Waals surface area contributed by atoms with Gasteiger partial charge in [0.05, 0.1) is 11.2 Å². The first-order valence-corrected chi connectivity index (χ1v) is 8.91. The zero-order valence-corrected chi connectivity index (χ0v) is 15.1. The molecule has 0 N–H and O–H groups in total. The van der Waals surface area contributed by atoms with Crippen molar-refractivity contribution in [1.82, 2.24) is 4.98 Å². The summed E-state index contributed by atoms with van der Waals surface area (Å²) in [5, 5.41) is 1.00. The Morgan fingerprint density at radius 2 is 1.52 bits per heavy atom. The first kappa shape index (κ1) is 15.9.